The van der Waals surface area contributed by atoms with Gasteiger partial charge < -0.3 is 10.1 Å². The van der Waals surface area contributed by atoms with Crippen molar-refractivity contribution in [2.75, 3.05) is 6.61 Å². The molecule has 0 saturated heterocycles. The molecule has 0 aliphatic carbocycles. The molecular formula is C14H16N2OS. The Balaban J connectivity index is 1.65. The van der Waals surface area contributed by atoms with Crippen molar-refractivity contribution in [2.24, 2.45) is 0 Å². The number of nitrogens with one attached hydrogen (secondary N) is 1. The predicted molar refractivity (Wildman–Crippen MR) is 73.0 cm³/mol. The number of rotatable bonds is 4. The Morgan fingerprint density at radius 3 is 3.17 bits per heavy atom. The normalized spacial score (nSPS) is 17.5. The highest BCUT2D eigenvalue weighted by Crippen LogP contribution is 2.31. The average molecular weight is 260 g/mol. The Labute approximate surface area is 111 Å². The Morgan fingerprint density at radius 2 is 2.33 bits per heavy atom. The highest BCUT2D eigenvalue weighted by Gasteiger charge is 2.22. The van der Waals surface area contributed by atoms with E-state index in [1.807, 2.05) is 18.3 Å². The van der Waals surface area contributed by atoms with E-state index >= 15 is 0 Å². The van der Waals surface area contributed by atoms with Crippen LogP contribution in [0.3, 0.4) is 0 Å². The van der Waals surface area contributed by atoms with E-state index < -0.39 is 0 Å². The molecule has 2 heterocycles. The number of benzene rings is 1. The van der Waals surface area contributed by atoms with Crippen molar-refractivity contribution in [3.8, 4) is 5.75 Å². The lowest BCUT2D eigenvalue weighted by Gasteiger charge is -2.09. The number of ether oxygens (including phenoxy) is 1. The van der Waals surface area contributed by atoms with Gasteiger partial charge in [0.25, 0.3) is 0 Å². The number of aromatic nitrogens is 1. The molecule has 0 fully saturated rings. The molecule has 3 rings (SSSR count). The van der Waals surface area contributed by atoms with E-state index in [0.29, 0.717) is 6.04 Å². The Hall–Kier alpha value is -1.39. The molecule has 1 aliphatic heterocycles. The van der Waals surface area contributed by atoms with Gasteiger partial charge in [-0.1, -0.05) is 25.1 Å². The first kappa shape index (κ1) is 11.7. The second-order valence-electron chi connectivity index (χ2n) is 4.36. The van der Waals surface area contributed by atoms with Gasteiger partial charge in [0, 0.05) is 23.2 Å². The van der Waals surface area contributed by atoms with Gasteiger partial charge in [-0.05, 0) is 12.5 Å². The third-order valence-electron chi connectivity index (χ3n) is 3.13. The molecular weight excluding hydrogens is 244 g/mol. The maximum atomic E-state index is 5.65. The smallest absolute Gasteiger partial charge is 0.124 e. The van der Waals surface area contributed by atoms with Gasteiger partial charge in [-0.25, -0.2) is 4.98 Å². The SMILES string of the molecule is CCc1ncc(CNC2COc3ccccc32)s1. The first-order valence-corrected chi connectivity index (χ1v) is 7.07. The predicted octanol–water partition coefficient (Wildman–Crippen LogP) is 2.93. The Morgan fingerprint density at radius 1 is 1.44 bits per heavy atom. The van der Waals surface area contributed by atoms with Gasteiger partial charge in [0.05, 0.1) is 11.0 Å². The van der Waals surface area contributed by atoms with Crippen LogP contribution in [-0.2, 0) is 13.0 Å². The fourth-order valence-corrected chi connectivity index (χ4v) is 2.96. The summed E-state index contributed by atoms with van der Waals surface area (Å²) in [5, 5.41) is 4.74. The van der Waals surface area contributed by atoms with E-state index in [4.69, 9.17) is 4.74 Å². The summed E-state index contributed by atoms with van der Waals surface area (Å²) in [6.07, 6.45) is 2.98. The van der Waals surface area contributed by atoms with Crippen molar-refractivity contribution in [1.29, 1.82) is 0 Å². The average Bonchev–Trinajstić information content (AvgIpc) is 3.03. The molecule has 2 aromatic rings. The summed E-state index contributed by atoms with van der Waals surface area (Å²) in [6.45, 7) is 3.72. The van der Waals surface area contributed by atoms with Crippen LogP contribution in [0.4, 0.5) is 0 Å². The molecule has 18 heavy (non-hydrogen) atoms. The van der Waals surface area contributed by atoms with E-state index in [9.17, 15) is 0 Å². The zero-order valence-corrected chi connectivity index (χ0v) is 11.2. The quantitative estimate of drug-likeness (QED) is 0.917. The molecule has 1 aromatic heterocycles. The second kappa shape index (κ2) is 5.08. The van der Waals surface area contributed by atoms with Crippen LogP contribution in [0, 0.1) is 0 Å². The van der Waals surface area contributed by atoms with E-state index in [1.54, 1.807) is 11.3 Å². The minimum atomic E-state index is 0.299. The van der Waals surface area contributed by atoms with Gasteiger partial charge in [-0.3, -0.25) is 0 Å². The van der Waals surface area contributed by atoms with E-state index in [0.717, 1.165) is 25.3 Å². The fraction of sp³-hybridized carbons (Fsp3) is 0.357. The zero-order chi connectivity index (χ0) is 12.4. The third kappa shape index (κ3) is 2.26. The maximum Gasteiger partial charge on any atom is 0.124 e. The highest BCUT2D eigenvalue weighted by atomic mass is 32.1. The number of aryl methyl sites for hydroxylation is 1. The lowest BCUT2D eigenvalue weighted by molar-refractivity contribution is 0.311. The van der Waals surface area contributed by atoms with Crippen LogP contribution < -0.4 is 10.1 Å². The standard InChI is InChI=1S/C14H16N2OS/c1-2-14-16-8-10(18-14)7-15-12-9-17-13-6-4-3-5-11(12)13/h3-6,8,12,15H,2,7,9H2,1H3. The van der Waals surface area contributed by atoms with Crippen molar-refractivity contribution < 1.29 is 4.74 Å². The van der Waals surface area contributed by atoms with Crippen molar-refractivity contribution in [3.63, 3.8) is 0 Å². The summed E-state index contributed by atoms with van der Waals surface area (Å²) in [6, 6.07) is 8.53. The summed E-state index contributed by atoms with van der Waals surface area (Å²) in [5.41, 5.74) is 1.26. The van der Waals surface area contributed by atoms with Gasteiger partial charge in [-0.2, -0.15) is 0 Å². The molecule has 1 atom stereocenters. The molecule has 4 heteroatoms. The van der Waals surface area contributed by atoms with E-state index in [1.165, 1.54) is 15.4 Å². The molecule has 3 nitrogen and oxygen atoms in total. The second-order valence-corrected chi connectivity index (χ2v) is 5.56. The number of thiazole rings is 1. The van der Waals surface area contributed by atoms with Gasteiger partial charge in [0.1, 0.15) is 12.4 Å². The highest BCUT2D eigenvalue weighted by molar-refractivity contribution is 7.11. The van der Waals surface area contributed by atoms with Crippen molar-refractivity contribution in [3.05, 3.63) is 45.9 Å². The number of hydrogen-bond donors (Lipinski definition) is 1. The van der Waals surface area contributed by atoms with Crippen LogP contribution in [0.5, 0.6) is 5.75 Å². The van der Waals surface area contributed by atoms with Crippen molar-refractivity contribution in [1.82, 2.24) is 10.3 Å². The molecule has 1 unspecified atom stereocenters. The Kier molecular flexibility index (Phi) is 3.30. The van der Waals surface area contributed by atoms with Crippen molar-refractivity contribution in [2.45, 2.75) is 25.9 Å². The fourth-order valence-electron chi connectivity index (χ4n) is 2.15. The molecule has 94 valence electrons. The zero-order valence-electron chi connectivity index (χ0n) is 10.3. The van der Waals surface area contributed by atoms with E-state index in [2.05, 4.69) is 29.4 Å². The van der Waals surface area contributed by atoms with Crippen LogP contribution in [0.1, 0.15) is 28.4 Å². The minimum absolute atomic E-state index is 0.299. The van der Waals surface area contributed by atoms with Gasteiger partial charge in [0.2, 0.25) is 0 Å². The molecule has 0 saturated carbocycles. The number of hydrogen-bond acceptors (Lipinski definition) is 4. The Bertz CT molecular complexity index is 538. The molecule has 1 aromatic carbocycles. The first-order chi connectivity index (χ1) is 8.86. The van der Waals surface area contributed by atoms with Gasteiger partial charge in [0.15, 0.2) is 0 Å². The van der Waals surface area contributed by atoms with Crippen molar-refractivity contribution >= 4 is 11.3 Å². The summed E-state index contributed by atoms with van der Waals surface area (Å²) in [4.78, 5) is 5.66. The van der Waals surface area contributed by atoms with Gasteiger partial charge >= 0.3 is 0 Å². The van der Waals surface area contributed by atoms with Gasteiger partial charge in [-0.15, -0.1) is 11.3 Å². The van der Waals surface area contributed by atoms with Crippen LogP contribution in [0.25, 0.3) is 0 Å². The number of fused-ring (bicyclic) bond motifs is 1. The monoisotopic (exact) mass is 260 g/mol. The molecule has 1 aliphatic rings. The lowest BCUT2D eigenvalue weighted by Crippen LogP contribution is -2.21. The molecule has 0 amide bonds. The summed E-state index contributed by atoms with van der Waals surface area (Å²) in [5.74, 6) is 1.01. The van der Waals surface area contributed by atoms with Crippen LogP contribution in [-0.4, -0.2) is 11.6 Å². The first-order valence-electron chi connectivity index (χ1n) is 6.25. The lowest BCUT2D eigenvalue weighted by atomic mass is 10.1. The third-order valence-corrected chi connectivity index (χ3v) is 4.27. The maximum absolute atomic E-state index is 5.65. The molecule has 0 bridgehead atoms. The van der Waals surface area contributed by atoms with Crippen LogP contribution in [0.15, 0.2) is 30.5 Å². The number of nitrogens with zero attached hydrogens (tertiary/aromatic N) is 1. The minimum Gasteiger partial charge on any atom is -0.491 e. The van der Waals surface area contributed by atoms with Crippen LogP contribution >= 0.6 is 11.3 Å². The molecule has 1 N–H and O–H groups in total. The summed E-state index contributed by atoms with van der Waals surface area (Å²) in [7, 11) is 0. The molecule has 0 radical (unpaired) electrons. The molecule has 0 spiro atoms. The van der Waals surface area contributed by atoms with E-state index in [-0.39, 0.29) is 0 Å². The largest absolute Gasteiger partial charge is 0.491 e. The summed E-state index contributed by atoms with van der Waals surface area (Å²) >= 11 is 1.78. The summed E-state index contributed by atoms with van der Waals surface area (Å²) < 4.78 is 5.65. The number of para-hydroxylation sites is 1. The van der Waals surface area contributed by atoms with Crippen LogP contribution in [0.2, 0.25) is 0 Å². The topological polar surface area (TPSA) is 34.2 Å².